The monoisotopic (exact) mass is 393 g/mol. The molecule has 2 heterocycles. The van der Waals surface area contributed by atoms with E-state index >= 15 is 0 Å². The standard InChI is InChI=1S/C22H20FN3O3/c1-29-18-6-8-19-15(14-18)5-7-20(24-19)22(28)26-11-9-25(10-12-26)21(27)16-3-2-4-17(23)13-16/h2-8,13-14H,9-12H2,1H3. The van der Waals surface area contributed by atoms with E-state index in [9.17, 15) is 14.0 Å². The van der Waals surface area contributed by atoms with Crippen LogP contribution < -0.4 is 4.74 Å². The van der Waals surface area contributed by atoms with Crippen molar-refractivity contribution in [1.29, 1.82) is 0 Å². The Labute approximate surface area is 167 Å². The molecule has 29 heavy (non-hydrogen) atoms. The summed E-state index contributed by atoms with van der Waals surface area (Å²) in [5.41, 5.74) is 1.40. The van der Waals surface area contributed by atoms with Crippen molar-refractivity contribution in [1.82, 2.24) is 14.8 Å². The Morgan fingerprint density at radius 3 is 2.34 bits per heavy atom. The zero-order chi connectivity index (χ0) is 20.4. The molecular weight excluding hydrogens is 373 g/mol. The molecule has 0 radical (unpaired) electrons. The number of piperazine rings is 1. The molecule has 148 valence electrons. The number of fused-ring (bicyclic) bond motifs is 1. The molecule has 0 unspecified atom stereocenters. The van der Waals surface area contributed by atoms with Crippen molar-refractivity contribution in [3.05, 3.63) is 71.7 Å². The second-order valence-corrected chi connectivity index (χ2v) is 6.85. The van der Waals surface area contributed by atoms with Gasteiger partial charge in [-0.1, -0.05) is 12.1 Å². The maximum Gasteiger partial charge on any atom is 0.272 e. The number of hydrogen-bond acceptors (Lipinski definition) is 4. The van der Waals surface area contributed by atoms with Crippen LogP contribution in [0.15, 0.2) is 54.6 Å². The largest absolute Gasteiger partial charge is 0.497 e. The number of aromatic nitrogens is 1. The first-order valence-electron chi connectivity index (χ1n) is 9.34. The number of rotatable bonds is 3. The van der Waals surface area contributed by atoms with Gasteiger partial charge in [0.25, 0.3) is 11.8 Å². The second-order valence-electron chi connectivity index (χ2n) is 6.85. The minimum Gasteiger partial charge on any atom is -0.497 e. The Balaban J connectivity index is 1.43. The second kappa shape index (κ2) is 7.87. The van der Waals surface area contributed by atoms with Crippen LogP contribution in [0.2, 0.25) is 0 Å². The van der Waals surface area contributed by atoms with E-state index in [-0.39, 0.29) is 11.8 Å². The van der Waals surface area contributed by atoms with E-state index in [4.69, 9.17) is 4.74 Å². The zero-order valence-electron chi connectivity index (χ0n) is 16.0. The van der Waals surface area contributed by atoms with Crippen molar-refractivity contribution in [2.45, 2.75) is 0 Å². The van der Waals surface area contributed by atoms with Gasteiger partial charge >= 0.3 is 0 Å². The van der Waals surface area contributed by atoms with Crippen molar-refractivity contribution in [3.8, 4) is 5.75 Å². The quantitative estimate of drug-likeness (QED) is 0.686. The first-order valence-corrected chi connectivity index (χ1v) is 9.34. The molecule has 0 saturated carbocycles. The predicted molar refractivity (Wildman–Crippen MR) is 107 cm³/mol. The minimum absolute atomic E-state index is 0.166. The molecule has 1 aromatic heterocycles. The summed E-state index contributed by atoms with van der Waals surface area (Å²) in [6, 6.07) is 14.7. The molecule has 3 aromatic rings. The third kappa shape index (κ3) is 3.89. The summed E-state index contributed by atoms with van der Waals surface area (Å²) in [6.45, 7) is 1.60. The molecule has 1 saturated heterocycles. The number of ether oxygens (including phenoxy) is 1. The van der Waals surface area contributed by atoms with Crippen molar-refractivity contribution in [2.75, 3.05) is 33.3 Å². The van der Waals surface area contributed by atoms with Crippen LogP contribution in [0.4, 0.5) is 4.39 Å². The van der Waals surface area contributed by atoms with E-state index in [1.54, 1.807) is 35.1 Å². The number of hydrogen-bond donors (Lipinski definition) is 0. The van der Waals surface area contributed by atoms with Gasteiger partial charge in [0, 0.05) is 37.1 Å². The van der Waals surface area contributed by atoms with E-state index < -0.39 is 5.82 Å². The Morgan fingerprint density at radius 1 is 0.931 bits per heavy atom. The Bertz CT molecular complexity index is 1080. The van der Waals surface area contributed by atoms with Crippen molar-refractivity contribution < 1.29 is 18.7 Å². The number of carbonyl (C=O) groups is 2. The van der Waals surface area contributed by atoms with E-state index in [1.165, 1.54) is 18.2 Å². The molecule has 1 aliphatic heterocycles. The van der Waals surface area contributed by atoms with Crippen LogP contribution in [0.25, 0.3) is 10.9 Å². The van der Waals surface area contributed by atoms with Gasteiger partial charge in [-0.15, -0.1) is 0 Å². The number of benzene rings is 2. The highest BCUT2D eigenvalue weighted by molar-refractivity contribution is 5.96. The first kappa shape index (κ1) is 18.9. The molecule has 0 spiro atoms. The van der Waals surface area contributed by atoms with Gasteiger partial charge in [-0.2, -0.15) is 0 Å². The van der Waals surface area contributed by atoms with Gasteiger partial charge in [0.1, 0.15) is 17.3 Å². The number of halogens is 1. The molecular formula is C22H20FN3O3. The van der Waals surface area contributed by atoms with E-state index in [0.29, 0.717) is 37.4 Å². The third-order valence-corrected chi connectivity index (χ3v) is 5.04. The van der Waals surface area contributed by atoms with Gasteiger partial charge in [0.05, 0.1) is 12.6 Å². The molecule has 1 fully saturated rings. The smallest absolute Gasteiger partial charge is 0.272 e. The van der Waals surface area contributed by atoms with Crippen LogP contribution in [-0.2, 0) is 0 Å². The summed E-state index contributed by atoms with van der Waals surface area (Å²) in [7, 11) is 1.60. The van der Waals surface area contributed by atoms with Gasteiger partial charge in [-0.3, -0.25) is 9.59 Å². The van der Waals surface area contributed by atoms with E-state index in [1.807, 2.05) is 18.2 Å². The summed E-state index contributed by atoms with van der Waals surface area (Å²) >= 11 is 0. The van der Waals surface area contributed by atoms with Crippen LogP contribution in [0.5, 0.6) is 5.75 Å². The average molecular weight is 393 g/mol. The number of methoxy groups -OCH3 is 1. The lowest BCUT2D eigenvalue weighted by Gasteiger charge is -2.34. The van der Waals surface area contributed by atoms with Crippen LogP contribution in [0.1, 0.15) is 20.8 Å². The molecule has 2 amide bonds. The molecule has 0 N–H and O–H groups in total. The number of amides is 2. The lowest BCUT2D eigenvalue weighted by atomic mass is 10.1. The fraction of sp³-hybridized carbons (Fsp3) is 0.227. The average Bonchev–Trinajstić information content (AvgIpc) is 2.77. The number of carbonyl (C=O) groups excluding carboxylic acids is 2. The summed E-state index contributed by atoms with van der Waals surface area (Å²) < 4.78 is 18.6. The highest BCUT2D eigenvalue weighted by atomic mass is 19.1. The normalized spacial score (nSPS) is 14.1. The van der Waals surface area contributed by atoms with E-state index in [0.717, 1.165) is 16.7 Å². The summed E-state index contributed by atoms with van der Waals surface area (Å²) in [5, 5.41) is 0.895. The SMILES string of the molecule is COc1ccc2nc(C(=O)N3CCN(C(=O)c4cccc(F)c4)CC3)ccc2c1. The Morgan fingerprint density at radius 2 is 1.66 bits per heavy atom. The lowest BCUT2D eigenvalue weighted by Crippen LogP contribution is -2.50. The van der Waals surface area contributed by atoms with Gasteiger partial charge < -0.3 is 14.5 Å². The molecule has 4 rings (SSSR count). The number of pyridine rings is 1. The van der Waals surface area contributed by atoms with Gasteiger partial charge in [0.15, 0.2) is 0 Å². The maximum absolute atomic E-state index is 13.4. The van der Waals surface area contributed by atoms with Crippen LogP contribution in [0.3, 0.4) is 0 Å². The van der Waals surface area contributed by atoms with Crippen molar-refractivity contribution in [2.24, 2.45) is 0 Å². The van der Waals surface area contributed by atoms with E-state index in [2.05, 4.69) is 4.98 Å². The predicted octanol–water partition coefficient (Wildman–Crippen LogP) is 2.98. The molecule has 0 aliphatic carbocycles. The minimum atomic E-state index is -0.440. The van der Waals surface area contributed by atoms with Crippen molar-refractivity contribution in [3.63, 3.8) is 0 Å². The molecule has 6 nitrogen and oxygen atoms in total. The lowest BCUT2D eigenvalue weighted by molar-refractivity contribution is 0.0532. The molecule has 0 bridgehead atoms. The van der Waals surface area contributed by atoms with Gasteiger partial charge in [-0.25, -0.2) is 9.37 Å². The van der Waals surface area contributed by atoms with Gasteiger partial charge in [-0.05, 0) is 42.5 Å². The van der Waals surface area contributed by atoms with Crippen LogP contribution >= 0.6 is 0 Å². The Kier molecular flexibility index (Phi) is 5.12. The van der Waals surface area contributed by atoms with Crippen molar-refractivity contribution >= 4 is 22.7 Å². The Hall–Kier alpha value is -3.48. The fourth-order valence-corrected chi connectivity index (χ4v) is 3.43. The number of nitrogens with zero attached hydrogens (tertiary/aromatic N) is 3. The molecule has 0 atom stereocenters. The highest BCUT2D eigenvalue weighted by Gasteiger charge is 2.26. The molecule has 1 aliphatic rings. The summed E-state index contributed by atoms with van der Waals surface area (Å²) in [5.74, 6) is -0.0999. The van der Waals surface area contributed by atoms with Crippen LogP contribution in [0, 0.1) is 5.82 Å². The summed E-state index contributed by atoms with van der Waals surface area (Å²) in [4.78, 5) is 33.2. The molecule has 7 heteroatoms. The maximum atomic E-state index is 13.4. The topological polar surface area (TPSA) is 62.7 Å². The first-order chi connectivity index (χ1) is 14.0. The van der Waals surface area contributed by atoms with Crippen LogP contribution in [-0.4, -0.2) is 59.9 Å². The molecule has 2 aromatic carbocycles. The zero-order valence-corrected chi connectivity index (χ0v) is 16.0. The fourth-order valence-electron chi connectivity index (χ4n) is 3.43. The third-order valence-electron chi connectivity index (χ3n) is 5.04. The summed E-state index contributed by atoms with van der Waals surface area (Å²) in [6.07, 6.45) is 0. The highest BCUT2D eigenvalue weighted by Crippen LogP contribution is 2.20. The van der Waals surface area contributed by atoms with Gasteiger partial charge in [0.2, 0.25) is 0 Å².